The lowest BCUT2D eigenvalue weighted by Gasteiger charge is -2.25. The predicted octanol–water partition coefficient (Wildman–Crippen LogP) is 3.32. The molecule has 6 heteroatoms. The summed E-state index contributed by atoms with van der Waals surface area (Å²) >= 11 is 5.80. The molecular weight excluding hydrogens is 319 g/mol. The first-order valence-electron chi connectivity index (χ1n) is 7.07. The number of aromatic nitrogens is 1. The number of halogens is 2. The van der Waals surface area contributed by atoms with Gasteiger partial charge >= 0.3 is 5.97 Å². The van der Waals surface area contributed by atoms with E-state index in [1.54, 1.807) is 24.4 Å². The van der Waals surface area contributed by atoms with E-state index in [1.807, 2.05) is 11.0 Å². The minimum atomic E-state index is -0.349. The molecule has 2 heterocycles. The van der Waals surface area contributed by atoms with Crippen LogP contribution < -0.4 is 0 Å². The summed E-state index contributed by atoms with van der Waals surface area (Å²) in [6.45, 7) is 1.32. The van der Waals surface area contributed by atoms with Crippen LogP contribution >= 0.6 is 11.6 Å². The maximum atomic E-state index is 13.1. The van der Waals surface area contributed by atoms with Gasteiger partial charge in [0.15, 0.2) is 0 Å². The van der Waals surface area contributed by atoms with E-state index in [-0.39, 0.29) is 18.4 Å². The first-order chi connectivity index (χ1) is 11.1. The van der Waals surface area contributed by atoms with Crippen LogP contribution in [0.2, 0.25) is 5.15 Å². The molecule has 1 aromatic carbocycles. The normalized spacial score (nSPS) is 13.7. The van der Waals surface area contributed by atoms with Crippen molar-refractivity contribution in [3.63, 3.8) is 0 Å². The zero-order valence-corrected chi connectivity index (χ0v) is 13.0. The number of carbonyl (C=O) groups excluding carboxylic acids is 1. The molecule has 1 aromatic heterocycles. The Morgan fingerprint density at radius 3 is 2.43 bits per heavy atom. The summed E-state index contributed by atoms with van der Waals surface area (Å²) in [7, 11) is 0. The molecule has 0 N–H and O–H groups in total. The Bertz CT molecular complexity index is 682. The number of ether oxygens (including phenoxy) is 1. The van der Waals surface area contributed by atoms with Gasteiger partial charge < -0.3 is 9.64 Å². The molecule has 0 spiro atoms. The second-order valence-corrected chi connectivity index (χ2v) is 5.60. The van der Waals surface area contributed by atoms with Gasteiger partial charge in [0.05, 0.1) is 5.70 Å². The molecule has 0 saturated carbocycles. The average Bonchev–Trinajstić information content (AvgIpc) is 2.97. The fourth-order valence-electron chi connectivity index (χ4n) is 2.34. The average molecular weight is 333 g/mol. The molecule has 0 bridgehead atoms. The number of benzene rings is 1. The van der Waals surface area contributed by atoms with E-state index in [2.05, 4.69) is 4.98 Å². The Kier molecular flexibility index (Phi) is 4.57. The lowest BCUT2D eigenvalue weighted by molar-refractivity contribution is -0.135. The zero-order valence-electron chi connectivity index (χ0n) is 12.2. The zero-order chi connectivity index (χ0) is 16.2. The topological polar surface area (TPSA) is 42.4 Å². The van der Waals surface area contributed by atoms with Crippen molar-refractivity contribution >= 4 is 17.6 Å². The van der Waals surface area contributed by atoms with E-state index in [1.165, 1.54) is 18.2 Å². The summed E-state index contributed by atoms with van der Waals surface area (Å²) < 4.78 is 18.0. The third-order valence-electron chi connectivity index (χ3n) is 3.50. The molecular formula is C17H14ClFN2O2. The summed E-state index contributed by atoms with van der Waals surface area (Å²) in [5.41, 5.74) is 2.68. The Hall–Kier alpha value is -2.40. The highest BCUT2D eigenvalue weighted by atomic mass is 35.5. The minimum Gasteiger partial charge on any atom is -0.456 e. The molecule has 4 nitrogen and oxygen atoms in total. The largest absolute Gasteiger partial charge is 0.456 e. The first kappa shape index (κ1) is 15.5. The third-order valence-corrected chi connectivity index (χ3v) is 3.73. The fraction of sp³-hybridized carbons (Fsp3) is 0.176. The van der Waals surface area contributed by atoms with Crippen LogP contribution in [0.3, 0.4) is 0 Å². The number of carbonyl (C=O) groups is 1. The van der Waals surface area contributed by atoms with E-state index in [0.29, 0.717) is 18.2 Å². The Balaban J connectivity index is 1.81. The summed E-state index contributed by atoms with van der Waals surface area (Å²) in [5, 5.41) is 0.428. The van der Waals surface area contributed by atoms with Crippen LogP contribution in [-0.2, 0) is 22.6 Å². The monoisotopic (exact) mass is 332 g/mol. The molecule has 23 heavy (non-hydrogen) atoms. The summed E-state index contributed by atoms with van der Waals surface area (Å²) in [5.74, 6) is -0.626. The molecule has 1 aliphatic heterocycles. The molecule has 2 aromatic rings. The summed E-state index contributed by atoms with van der Waals surface area (Å²) in [6.07, 6.45) is 3.17. The van der Waals surface area contributed by atoms with Gasteiger partial charge in [0.2, 0.25) is 0 Å². The van der Waals surface area contributed by atoms with Gasteiger partial charge in [0.25, 0.3) is 0 Å². The van der Waals surface area contributed by atoms with Crippen molar-refractivity contribution < 1.29 is 13.9 Å². The maximum absolute atomic E-state index is 13.1. The SMILES string of the molecule is O=C1C=C(N(Cc2ccc(F)cc2)Cc2ccc(Cl)nc2)CO1. The van der Waals surface area contributed by atoms with Crippen LogP contribution in [0.15, 0.2) is 54.4 Å². The van der Waals surface area contributed by atoms with Gasteiger partial charge in [-0.05, 0) is 29.3 Å². The van der Waals surface area contributed by atoms with Crippen LogP contribution in [0.25, 0.3) is 0 Å². The minimum absolute atomic E-state index is 0.237. The van der Waals surface area contributed by atoms with Gasteiger partial charge in [-0.2, -0.15) is 0 Å². The number of hydrogen-bond acceptors (Lipinski definition) is 4. The van der Waals surface area contributed by atoms with Gasteiger partial charge in [-0.15, -0.1) is 0 Å². The van der Waals surface area contributed by atoms with Gasteiger partial charge in [-0.25, -0.2) is 14.2 Å². The van der Waals surface area contributed by atoms with Crippen molar-refractivity contribution in [2.45, 2.75) is 13.1 Å². The van der Waals surface area contributed by atoms with Crippen LogP contribution in [0.4, 0.5) is 4.39 Å². The van der Waals surface area contributed by atoms with Crippen molar-refractivity contribution in [2.75, 3.05) is 6.61 Å². The molecule has 0 unspecified atom stereocenters. The Morgan fingerprint density at radius 2 is 1.83 bits per heavy atom. The summed E-state index contributed by atoms with van der Waals surface area (Å²) in [6, 6.07) is 9.88. The van der Waals surface area contributed by atoms with Crippen molar-refractivity contribution in [1.82, 2.24) is 9.88 Å². The van der Waals surface area contributed by atoms with Gasteiger partial charge in [0.1, 0.15) is 17.6 Å². The van der Waals surface area contributed by atoms with Crippen molar-refractivity contribution in [3.8, 4) is 0 Å². The Morgan fingerprint density at radius 1 is 1.13 bits per heavy atom. The molecule has 3 rings (SSSR count). The number of cyclic esters (lactones) is 1. The standard InChI is InChI=1S/C17H14ClFN2O2/c18-16-6-3-13(8-20-16)10-21(15-7-17(22)23-11-15)9-12-1-4-14(19)5-2-12/h1-8H,9-11H2. The number of nitrogens with zero attached hydrogens (tertiary/aromatic N) is 2. The Labute approximate surface area is 138 Å². The molecule has 0 saturated heterocycles. The number of rotatable bonds is 5. The lowest BCUT2D eigenvalue weighted by Crippen LogP contribution is -2.23. The molecule has 0 atom stereocenters. The second kappa shape index (κ2) is 6.79. The van der Waals surface area contributed by atoms with E-state index in [4.69, 9.17) is 16.3 Å². The molecule has 0 amide bonds. The van der Waals surface area contributed by atoms with Gasteiger partial charge in [0, 0.05) is 25.4 Å². The molecule has 0 radical (unpaired) electrons. The van der Waals surface area contributed by atoms with Crippen LogP contribution in [0, 0.1) is 5.82 Å². The maximum Gasteiger partial charge on any atom is 0.333 e. The molecule has 118 valence electrons. The van der Waals surface area contributed by atoms with Crippen molar-refractivity contribution in [3.05, 3.63) is 76.5 Å². The highest BCUT2D eigenvalue weighted by Gasteiger charge is 2.20. The highest BCUT2D eigenvalue weighted by Crippen LogP contribution is 2.20. The van der Waals surface area contributed by atoms with Crippen LogP contribution in [0.5, 0.6) is 0 Å². The molecule has 0 fully saturated rings. The van der Waals surface area contributed by atoms with Crippen molar-refractivity contribution in [1.29, 1.82) is 0 Å². The molecule has 1 aliphatic rings. The smallest absolute Gasteiger partial charge is 0.333 e. The summed E-state index contributed by atoms with van der Waals surface area (Å²) in [4.78, 5) is 17.4. The number of pyridine rings is 1. The van der Waals surface area contributed by atoms with Crippen LogP contribution in [0.1, 0.15) is 11.1 Å². The van der Waals surface area contributed by atoms with E-state index in [9.17, 15) is 9.18 Å². The number of hydrogen-bond donors (Lipinski definition) is 0. The van der Waals surface area contributed by atoms with Gasteiger partial charge in [-0.1, -0.05) is 29.8 Å². The van der Waals surface area contributed by atoms with E-state index < -0.39 is 0 Å². The quantitative estimate of drug-likeness (QED) is 0.622. The fourth-order valence-corrected chi connectivity index (χ4v) is 2.45. The predicted molar refractivity (Wildman–Crippen MR) is 83.9 cm³/mol. The molecule has 0 aliphatic carbocycles. The first-order valence-corrected chi connectivity index (χ1v) is 7.45. The lowest BCUT2D eigenvalue weighted by atomic mass is 10.1. The number of esters is 1. The third kappa shape index (κ3) is 4.07. The van der Waals surface area contributed by atoms with Crippen molar-refractivity contribution in [2.24, 2.45) is 0 Å². The van der Waals surface area contributed by atoms with E-state index in [0.717, 1.165) is 16.8 Å². The van der Waals surface area contributed by atoms with Crippen LogP contribution in [-0.4, -0.2) is 22.5 Å². The van der Waals surface area contributed by atoms with E-state index >= 15 is 0 Å². The van der Waals surface area contributed by atoms with Gasteiger partial charge in [-0.3, -0.25) is 0 Å². The highest BCUT2D eigenvalue weighted by molar-refractivity contribution is 6.29. The second-order valence-electron chi connectivity index (χ2n) is 5.22.